The number of ether oxygens (including phenoxy) is 1. The molecule has 216 valence electrons. The summed E-state index contributed by atoms with van der Waals surface area (Å²) in [7, 11) is 0. The number of fused-ring (bicyclic) bond motifs is 1. The number of Topliss-reactive ketones (excluding diaryl/α,β-unsaturated/α-hetero) is 1. The molecular formula is C37H34BrN3O2. The van der Waals surface area contributed by atoms with E-state index in [4.69, 9.17) is 10.5 Å². The molecule has 1 heterocycles. The van der Waals surface area contributed by atoms with Crippen molar-refractivity contribution in [3.05, 3.63) is 128 Å². The molecule has 43 heavy (non-hydrogen) atoms. The van der Waals surface area contributed by atoms with Gasteiger partial charge in [0.2, 0.25) is 0 Å². The van der Waals surface area contributed by atoms with E-state index in [0.717, 1.165) is 54.6 Å². The van der Waals surface area contributed by atoms with Crippen LogP contribution in [0.4, 0.5) is 5.69 Å². The van der Waals surface area contributed by atoms with Crippen molar-refractivity contribution in [1.82, 2.24) is 0 Å². The van der Waals surface area contributed by atoms with Gasteiger partial charge < -0.3 is 10.5 Å². The zero-order valence-corrected chi connectivity index (χ0v) is 26.5. The summed E-state index contributed by atoms with van der Waals surface area (Å²) in [5, 5.41) is 12.8. The van der Waals surface area contributed by atoms with Crippen LogP contribution in [0.5, 0.6) is 5.75 Å². The highest BCUT2D eigenvalue weighted by Crippen LogP contribution is 2.51. The van der Waals surface area contributed by atoms with E-state index in [1.54, 1.807) is 0 Å². The van der Waals surface area contributed by atoms with Gasteiger partial charge in [0.05, 0.1) is 23.2 Å². The first-order valence-electron chi connectivity index (χ1n) is 14.5. The number of benzene rings is 4. The van der Waals surface area contributed by atoms with Crippen LogP contribution in [0, 0.1) is 30.6 Å². The zero-order chi connectivity index (χ0) is 30.5. The van der Waals surface area contributed by atoms with Crippen molar-refractivity contribution in [2.75, 3.05) is 4.90 Å². The third kappa shape index (κ3) is 5.23. The molecule has 2 N–H and O–H groups in total. The van der Waals surface area contributed by atoms with Gasteiger partial charge in [0, 0.05) is 27.5 Å². The summed E-state index contributed by atoms with van der Waals surface area (Å²) in [5.41, 5.74) is 13.6. The number of ketones is 1. The first kappa shape index (κ1) is 28.8. The Kier molecular flexibility index (Phi) is 7.40. The number of nitrogens with zero attached hydrogens (tertiary/aromatic N) is 2. The summed E-state index contributed by atoms with van der Waals surface area (Å²) < 4.78 is 7.13. The summed E-state index contributed by atoms with van der Waals surface area (Å²) in [4.78, 5) is 16.1. The van der Waals surface area contributed by atoms with Gasteiger partial charge in [0.1, 0.15) is 18.2 Å². The van der Waals surface area contributed by atoms with Crippen molar-refractivity contribution in [3.8, 4) is 11.8 Å². The lowest BCUT2D eigenvalue weighted by molar-refractivity contribution is -0.118. The maximum atomic E-state index is 14.2. The molecular weight excluding hydrogens is 598 g/mol. The average molecular weight is 633 g/mol. The Balaban J connectivity index is 1.53. The molecule has 1 unspecified atom stereocenters. The second kappa shape index (κ2) is 11.1. The Hall–Kier alpha value is -4.34. The SMILES string of the molecule is Cc1cc(C)c(C2C(C#N)=C(N)N(c3cccc4ccccc34)C3=C2C(=O)CC(C)(C)C3)cc1COc1ccc(Br)cc1. The van der Waals surface area contributed by atoms with Crippen LogP contribution in [0.15, 0.2) is 106 Å². The minimum atomic E-state index is -0.554. The fourth-order valence-electron chi connectivity index (χ4n) is 6.57. The Morgan fingerprint density at radius 3 is 2.47 bits per heavy atom. The number of hydrogen-bond acceptors (Lipinski definition) is 5. The normalized spacial score (nSPS) is 18.1. The molecule has 0 spiro atoms. The van der Waals surface area contributed by atoms with Crippen molar-refractivity contribution in [3.63, 3.8) is 0 Å². The highest BCUT2D eigenvalue weighted by molar-refractivity contribution is 9.10. The number of halogens is 1. The lowest BCUT2D eigenvalue weighted by Gasteiger charge is -2.44. The Morgan fingerprint density at radius 2 is 1.72 bits per heavy atom. The Labute approximate surface area is 261 Å². The molecule has 2 aliphatic rings. The first-order chi connectivity index (χ1) is 20.6. The molecule has 0 radical (unpaired) electrons. The van der Waals surface area contributed by atoms with Crippen LogP contribution in [0.1, 0.15) is 54.9 Å². The lowest BCUT2D eigenvalue weighted by atomic mass is 9.68. The highest BCUT2D eigenvalue weighted by Gasteiger charge is 2.45. The molecule has 1 aliphatic carbocycles. The van der Waals surface area contributed by atoms with Crippen molar-refractivity contribution in [2.45, 2.75) is 53.1 Å². The number of hydrogen-bond donors (Lipinski definition) is 1. The molecule has 6 heteroatoms. The van der Waals surface area contributed by atoms with Gasteiger partial charge in [-0.1, -0.05) is 78.3 Å². The predicted octanol–water partition coefficient (Wildman–Crippen LogP) is 8.74. The van der Waals surface area contributed by atoms with E-state index in [1.165, 1.54) is 0 Å². The Morgan fingerprint density at radius 1 is 1.00 bits per heavy atom. The number of allylic oxidation sites excluding steroid dienone is 3. The molecule has 4 aromatic carbocycles. The zero-order valence-electron chi connectivity index (χ0n) is 24.9. The van der Waals surface area contributed by atoms with Crippen LogP contribution in [-0.4, -0.2) is 5.78 Å². The molecule has 0 aromatic heterocycles. The maximum absolute atomic E-state index is 14.2. The van der Waals surface area contributed by atoms with Crippen molar-refractivity contribution in [1.29, 1.82) is 5.26 Å². The number of nitrogens with two attached hydrogens (primary N) is 1. The third-order valence-electron chi connectivity index (χ3n) is 8.63. The van der Waals surface area contributed by atoms with Gasteiger partial charge in [-0.15, -0.1) is 0 Å². The standard InChI is InChI=1S/C37H34BrN3O2/c1-22-16-23(2)29(17-25(22)21-43-27-14-12-26(38)13-15-27)34-30(20-39)36(40)41(32-18-37(3,4)19-33(42)35(32)34)31-11-7-9-24-8-5-6-10-28(24)31/h5-17,34H,18-19,21,40H2,1-4H3. The fourth-order valence-corrected chi connectivity index (χ4v) is 6.84. The van der Waals surface area contributed by atoms with Gasteiger partial charge in [0.15, 0.2) is 5.78 Å². The minimum absolute atomic E-state index is 0.0642. The first-order valence-corrected chi connectivity index (χ1v) is 15.3. The van der Waals surface area contributed by atoms with Gasteiger partial charge in [-0.3, -0.25) is 9.69 Å². The molecule has 1 atom stereocenters. The molecule has 0 fully saturated rings. The van der Waals surface area contributed by atoms with Crippen LogP contribution in [0.3, 0.4) is 0 Å². The van der Waals surface area contributed by atoms with E-state index in [9.17, 15) is 10.1 Å². The maximum Gasteiger partial charge on any atom is 0.162 e. The number of anilines is 1. The quantitative estimate of drug-likeness (QED) is 0.238. The van der Waals surface area contributed by atoms with Gasteiger partial charge in [0.25, 0.3) is 0 Å². The summed E-state index contributed by atoms with van der Waals surface area (Å²) in [5.74, 6) is 0.654. The van der Waals surface area contributed by atoms with E-state index < -0.39 is 5.92 Å². The van der Waals surface area contributed by atoms with Crippen LogP contribution in [-0.2, 0) is 11.4 Å². The van der Waals surface area contributed by atoms with Crippen LogP contribution in [0.2, 0.25) is 0 Å². The average Bonchev–Trinajstić information content (AvgIpc) is 2.96. The third-order valence-corrected chi connectivity index (χ3v) is 9.16. The van der Waals surface area contributed by atoms with E-state index in [0.29, 0.717) is 36.4 Å². The highest BCUT2D eigenvalue weighted by atomic mass is 79.9. The van der Waals surface area contributed by atoms with Gasteiger partial charge >= 0.3 is 0 Å². The second-order valence-corrected chi connectivity index (χ2v) is 13.3. The van der Waals surface area contributed by atoms with Crippen molar-refractivity contribution in [2.24, 2.45) is 11.1 Å². The molecule has 1 aliphatic heterocycles. The fraction of sp³-hybridized carbons (Fsp3) is 0.243. The summed E-state index contributed by atoms with van der Waals surface area (Å²) in [6.45, 7) is 8.72. The van der Waals surface area contributed by atoms with E-state index in [2.05, 4.69) is 73.1 Å². The van der Waals surface area contributed by atoms with Gasteiger partial charge in [-0.05, 0) is 83.7 Å². The molecule has 0 saturated heterocycles. The lowest BCUT2D eigenvalue weighted by Crippen LogP contribution is -2.42. The number of carbonyl (C=O) groups excluding carboxylic acids is 1. The number of rotatable bonds is 5. The number of carbonyl (C=O) groups is 1. The molecule has 4 aromatic rings. The minimum Gasteiger partial charge on any atom is -0.489 e. The van der Waals surface area contributed by atoms with Gasteiger partial charge in [-0.25, -0.2) is 0 Å². The largest absolute Gasteiger partial charge is 0.489 e. The van der Waals surface area contributed by atoms with Crippen LogP contribution >= 0.6 is 15.9 Å². The van der Waals surface area contributed by atoms with Gasteiger partial charge in [-0.2, -0.15) is 5.26 Å². The summed E-state index contributed by atoms with van der Waals surface area (Å²) in [6.07, 6.45) is 1.08. The van der Waals surface area contributed by atoms with E-state index in [-0.39, 0.29) is 11.2 Å². The molecule has 6 rings (SSSR count). The van der Waals surface area contributed by atoms with E-state index >= 15 is 0 Å². The van der Waals surface area contributed by atoms with Crippen LogP contribution < -0.4 is 15.4 Å². The molecule has 5 nitrogen and oxygen atoms in total. The van der Waals surface area contributed by atoms with Crippen LogP contribution in [0.25, 0.3) is 10.8 Å². The van der Waals surface area contributed by atoms with E-state index in [1.807, 2.05) is 60.4 Å². The predicted molar refractivity (Wildman–Crippen MR) is 175 cm³/mol. The molecule has 0 saturated carbocycles. The number of nitriles is 1. The smallest absolute Gasteiger partial charge is 0.162 e. The monoisotopic (exact) mass is 631 g/mol. The molecule has 0 amide bonds. The summed E-state index contributed by atoms with van der Waals surface area (Å²) in [6, 6.07) is 28.6. The topological polar surface area (TPSA) is 79.4 Å². The Bertz CT molecular complexity index is 1870. The second-order valence-electron chi connectivity index (χ2n) is 12.4. The van der Waals surface area contributed by atoms with Crippen molar-refractivity contribution >= 4 is 38.2 Å². The number of aryl methyl sites for hydroxylation is 2. The molecule has 0 bridgehead atoms. The van der Waals surface area contributed by atoms with Crippen molar-refractivity contribution < 1.29 is 9.53 Å². The summed E-state index contributed by atoms with van der Waals surface area (Å²) >= 11 is 3.47.